The number of hydrogen-bond acceptors (Lipinski definition) is 15. The highest BCUT2D eigenvalue weighted by molar-refractivity contribution is 7.48. The molecule has 2 heterocycles. The van der Waals surface area contributed by atoms with Crippen molar-refractivity contribution in [3.63, 3.8) is 0 Å². The number of aromatic nitrogens is 4. The molecular weight excluding hydrogens is 799 g/mol. The van der Waals surface area contributed by atoms with Gasteiger partial charge in [-0.05, 0) is 93.6 Å². The predicted octanol–water partition coefficient (Wildman–Crippen LogP) is 5.25. The molecule has 7 N–H and O–H groups in total. The number of H-pyrrole nitrogens is 1. The van der Waals surface area contributed by atoms with Crippen molar-refractivity contribution in [2.75, 3.05) is 36.2 Å². The number of hydrogen-bond donors (Lipinski definition) is 6. The summed E-state index contributed by atoms with van der Waals surface area (Å²) in [5.41, 5.74) is 7.63. The van der Waals surface area contributed by atoms with Crippen LogP contribution in [0, 0.1) is 0 Å². The van der Waals surface area contributed by atoms with Gasteiger partial charge in [0.1, 0.15) is 11.8 Å². The number of aliphatic carboxylic acids is 1. The number of nitrogens with zero attached hydrogens (tertiary/aromatic N) is 3. The van der Waals surface area contributed by atoms with Crippen molar-refractivity contribution in [3.8, 4) is 5.75 Å². The number of anilines is 3. The summed E-state index contributed by atoms with van der Waals surface area (Å²) in [7, 11) is -3.55. The maximum absolute atomic E-state index is 13.1. The van der Waals surface area contributed by atoms with Gasteiger partial charge in [0.25, 0.3) is 11.5 Å². The van der Waals surface area contributed by atoms with Crippen LogP contribution in [-0.2, 0) is 40.7 Å². The van der Waals surface area contributed by atoms with Crippen molar-refractivity contribution < 1.29 is 47.2 Å². The zero-order chi connectivity index (χ0) is 43.1. The number of ether oxygens (including phenoxy) is 1. The van der Waals surface area contributed by atoms with E-state index in [4.69, 9.17) is 24.0 Å². The van der Waals surface area contributed by atoms with Crippen LogP contribution >= 0.6 is 7.82 Å². The standard InChI is InChI=1S/C40H45N8O11P/c1-3-56-60(55,57-4-2)58-22-8-7-9-25-12-18-29(19-13-25)59-39(54)30-10-5-6-11-31(30)45-33(49)21-20-32(38(52)53)46-36(50)26-14-16-27(17-15-26)42-23-28-24-43-35-34(44-28)37(51)48-40(41)47-35/h5-6,10-19,24,32,42H,3-4,7-9,20-23H2,1-2H3,(H,45,49)(H,46,50)(H,52,53)(H3,41,43,47,48,51)/t32-/m0/s1. The smallest absolute Gasteiger partial charge is 0.474 e. The number of para-hydroxylation sites is 1. The Morgan fingerprint density at radius 1 is 0.917 bits per heavy atom. The molecule has 19 nitrogen and oxygen atoms in total. The van der Waals surface area contributed by atoms with E-state index in [1.54, 1.807) is 50.2 Å². The first-order chi connectivity index (χ1) is 28.9. The average molecular weight is 845 g/mol. The number of carboxylic acid groups (broad SMARTS) is 1. The van der Waals surface area contributed by atoms with Gasteiger partial charge in [-0.2, -0.15) is 4.98 Å². The summed E-state index contributed by atoms with van der Waals surface area (Å²) in [4.78, 5) is 77.9. The van der Waals surface area contributed by atoms with Crippen LogP contribution in [0.1, 0.15) is 71.5 Å². The van der Waals surface area contributed by atoms with E-state index in [-0.39, 0.29) is 78.9 Å². The van der Waals surface area contributed by atoms with Crippen LogP contribution in [-0.4, -0.2) is 74.7 Å². The molecule has 20 heteroatoms. The fraction of sp³-hybridized carbons (Fsp3) is 0.300. The Morgan fingerprint density at radius 3 is 2.33 bits per heavy atom. The number of carbonyl (C=O) groups excluding carboxylic acids is 3. The van der Waals surface area contributed by atoms with Crippen LogP contribution in [0.25, 0.3) is 11.2 Å². The number of rotatable bonds is 22. The molecule has 2 aromatic heterocycles. The summed E-state index contributed by atoms with van der Waals surface area (Å²) >= 11 is 0. The molecule has 0 fully saturated rings. The highest BCUT2D eigenvalue weighted by Gasteiger charge is 2.25. The zero-order valence-corrected chi connectivity index (χ0v) is 33.7. The third kappa shape index (κ3) is 13.0. The van der Waals surface area contributed by atoms with E-state index in [2.05, 4.69) is 35.9 Å². The molecule has 0 aliphatic heterocycles. The van der Waals surface area contributed by atoms with Crippen LogP contribution in [0.15, 0.2) is 83.8 Å². The lowest BCUT2D eigenvalue weighted by molar-refractivity contribution is -0.139. The molecule has 316 valence electrons. The van der Waals surface area contributed by atoms with Gasteiger partial charge in [-0.3, -0.25) is 32.9 Å². The van der Waals surface area contributed by atoms with Crippen molar-refractivity contribution in [3.05, 3.63) is 112 Å². The van der Waals surface area contributed by atoms with Gasteiger partial charge >= 0.3 is 19.8 Å². The van der Waals surface area contributed by atoms with Gasteiger partial charge in [0, 0.05) is 17.7 Å². The maximum Gasteiger partial charge on any atom is 0.474 e. The second kappa shape index (κ2) is 21.5. The van der Waals surface area contributed by atoms with Crippen LogP contribution in [0.3, 0.4) is 0 Å². The molecule has 0 aliphatic carbocycles. The number of phosphoric ester groups is 1. The average Bonchev–Trinajstić information content (AvgIpc) is 3.22. The van der Waals surface area contributed by atoms with Crippen molar-refractivity contribution in [1.29, 1.82) is 0 Å². The number of aromatic amines is 1. The maximum atomic E-state index is 13.1. The van der Waals surface area contributed by atoms with Gasteiger partial charge in [-0.25, -0.2) is 24.1 Å². The summed E-state index contributed by atoms with van der Waals surface area (Å²) in [6.45, 7) is 4.24. The van der Waals surface area contributed by atoms with Crippen molar-refractivity contribution >= 4 is 60.1 Å². The normalized spacial score (nSPS) is 11.8. The number of benzene rings is 3. The number of amides is 2. The highest BCUT2D eigenvalue weighted by Crippen LogP contribution is 2.49. The van der Waals surface area contributed by atoms with E-state index < -0.39 is 43.2 Å². The molecule has 0 radical (unpaired) electrons. The van der Waals surface area contributed by atoms with Gasteiger partial charge in [-0.15, -0.1) is 0 Å². The summed E-state index contributed by atoms with van der Waals surface area (Å²) in [5.74, 6) is -3.09. The van der Waals surface area contributed by atoms with Crippen LogP contribution in [0.5, 0.6) is 5.75 Å². The molecule has 0 unspecified atom stereocenters. The van der Waals surface area contributed by atoms with Gasteiger partial charge in [0.2, 0.25) is 11.9 Å². The first-order valence-corrected chi connectivity index (χ1v) is 20.4. The van der Waals surface area contributed by atoms with Crippen molar-refractivity contribution in [1.82, 2.24) is 25.3 Å². The Bertz CT molecular complexity index is 2380. The number of fused-ring (bicyclic) bond motifs is 1. The fourth-order valence-corrected chi connectivity index (χ4v) is 6.88. The van der Waals surface area contributed by atoms with Crippen LogP contribution < -0.4 is 32.0 Å². The minimum atomic E-state index is -3.55. The number of nitrogen functional groups attached to an aromatic ring is 1. The number of carboxylic acids is 1. The van der Waals surface area contributed by atoms with Gasteiger partial charge in [0.05, 0.1) is 49.5 Å². The molecular formula is C40H45N8O11P. The Morgan fingerprint density at radius 2 is 1.63 bits per heavy atom. The van der Waals surface area contributed by atoms with E-state index >= 15 is 0 Å². The van der Waals surface area contributed by atoms with E-state index in [1.165, 1.54) is 30.5 Å². The van der Waals surface area contributed by atoms with Gasteiger partial charge < -0.3 is 31.5 Å². The fourth-order valence-electron chi connectivity index (χ4n) is 5.67. The number of unbranched alkanes of at least 4 members (excludes halogenated alkanes) is 1. The summed E-state index contributed by atoms with van der Waals surface area (Å²) in [5, 5.41) is 18.0. The van der Waals surface area contributed by atoms with Crippen molar-refractivity contribution in [2.45, 2.75) is 58.5 Å². The molecule has 0 saturated heterocycles. The third-order valence-corrected chi connectivity index (χ3v) is 10.3. The molecule has 0 saturated carbocycles. The second-order valence-corrected chi connectivity index (χ2v) is 14.7. The lowest BCUT2D eigenvalue weighted by atomic mass is 10.1. The minimum absolute atomic E-state index is 0.0363. The second-order valence-electron chi connectivity index (χ2n) is 13.0. The molecule has 3 aromatic carbocycles. The molecule has 1 atom stereocenters. The van der Waals surface area contributed by atoms with Crippen LogP contribution in [0.2, 0.25) is 0 Å². The molecule has 0 aliphatic rings. The van der Waals surface area contributed by atoms with Gasteiger partial charge in [-0.1, -0.05) is 24.3 Å². The lowest BCUT2D eigenvalue weighted by Crippen LogP contribution is -2.41. The molecule has 0 spiro atoms. The Hall–Kier alpha value is -6.53. The summed E-state index contributed by atoms with van der Waals surface area (Å²) < 4.78 is 33.6. The number of carbonyl (C=O) groups is 4. The monoisotopic (exact) mass is 844 g/mol. The van der Waals surface area contributed by atoms with E-state index in [0.717, 1.165) is 12.0 Å². The van der Waals surface area contributed by atoms with E-state index in [0.29, 0.717) is 24.2 Å². The zero-order valence-electron chi connectivity index (χ0n) is 32.8. The lowest BCUT2D eigenvalue weighted by Gasteiger charge is -2.16. The number of nitrogens with one attached hydrogen (secondary N) is 4. The van der Waals surface area contributed by atoms with E-state index in [1.807, 2.05) is 12.1 Å². The highest BCUT2D eigenvalue weighted by atomic mass is 31.2. The van der Waals surface area contributed by atoms with E-state index in [9.17, 15) is 33.6 Å². The first-order valence-electron chi connectivity index (χ1n) is 19.0. The summed E-state index contributed by atoms with van der Waals surface area (Å²) in [6, 6.07) is 18.0. The Labute approximate surface area is 344 Å². The molecule has 2 amide bonds. The molecule has 5 aromatic rings. The minimum Gasteiger partial charge on any atom is -0.480 e. The molecule has 60 heavy (non-hydrogen) atoms. The Balaban J connectivity index is 1.07. The topological polar surface area (TPSA) is 276 Å². The Kier molecular flexibility index (Phi) is 15.9. The quantitative estimate of drug-likeness (QED) is 0.0225. The number of phosphoric acid groups is 1. The summed E-state index contributed by atoms with van der Waals surface area (Å²) in [6.07, 6.45) is 2.98. The third-order valence-electron chi connectivity index (χ3n) is 8.61. The predicted molar refractivity (Wildman–Crippen MR) is 220 cm³/mol. The number of aryl methyl sites for hydroxylation is 1. The first kappa shape index (κ1) is 44.6. The SMILES string of the molecule is CCOP(=O)(OCC)OCCCCc1ccc(OC(=O)c2ccccc2NC(=O)CC[C@H](NC(=O)c2ccc(NCc3cnc4nc(N)[nH]c(=O)c4n3)cc2)C(=O)O)cc1. The number of esters is 1. The largest absolute Gasteiger partial charge is 0.480 e. The molecule has 5 rings (SSSR count). The molecule has 0 bridgehead atoms. The number of nitrogens with two attached hydrogens (primary N) is 1. The van der Waals surface area contributed by atoms with Gasteiger partial charge in [0.15, 0.2) is 11.2 Å². The van der Waals surface area contributed by atoms with Crippen LogP contribution in [0.4, 0.5) is 17.3 Å². The van der Waals surface area contributed by atoms with Crippen molar-refractivity contribution in [2.24, 2.45) is 0 Å².